The van der Waals surface area contributed by atoms with E-state index in [1.165, 1.54) is 38.1 Å². The highest BCUT2D eigenvalue weighted by molar-refractivity contribution is 6.22. The molecule has 0 radical (unpaired) electrons. The van der Waals surface area contributed by atoms with Crippen LogP contribution in [-0.4, -0.2) is 206 Å². The van der Waals surface area contributed by atoms with E-state index in [-0.39, 0.29) is 102 Å². The number of aliphatic hydroxyl groups is 1. The first-order chi connectivity index (χ1) is 53.9. The number of nitrogens with two attached hydrogens (primary N) is 3. The van der Waals surface area contributed by atoms with Crippen LogP contribution in [0.3, 0.4) is 0 Å². The molecule has 0 saturated heterocycles. The van der Waals surface area contributed by atoms with E-state index >= 15 is 0 Å². The number of ketones is 2. The lowest BCUT2D eigenvalue weighted by atomic mass is 9.79. The number of ether oxygens (including phenoxy) is 5. The van der Waals surface area contributed by atoms with Crippen LogP contribution < -0.4 is 33.4 Å². The predicted octanol–water partition coefficient (Wildman–Crippen LogP) is 5.36. The molecule has 36 heteroatoms. The average Bonchev–Trinajstić information content (AvgIpc) is 1.62. The van der Waals surface area contributed by atoms with Crippen molar-refractivity contribution in [3.8, 4) is 11.3 Å². The van der Waals surface area contributed by atoms with Crippen LogP contribution in [0.5, 0.6) is 0 Å². The lowest BCUT2D eigenvalue weighted by molar-refractivity contribution is -0.149. The van der Waals surface area contributed by atoms with Gasteiger partial charge in [0, 0.05) is 93.6 Å². The van der Waals surface area contributed by atoms with Crippen LogP contribution in [0.1, 0.15) is 196 Å². The molecule has 13 rings (SSSR count). The zero-order valence-corrected chi connectivity index (χ0v) is 63.8. The summed E-state index contributed by atoms with van der Waals surface area (Å²) in [6, 6.07) is 32.7. The van der Waals surface area contributed by atoms with Gasteiger partial charge in [0.05, 0.1) is 41.8 Å². The summed E-state index contributed by atoms with van der Waals surface area (Å²) in [5, 5.41) is 48.4. The third kappa shape index (κ3) is 23.6. The van der Waals surface area contributed by atoms with Crippen molar-refractivity contribution in [3.63, 3.8) is 0 Å². The van der Waals surface area contributed by atoms with Gasteiger partial charge in [0.1, 0.15) is 36.2 Å². The molecule has 4 aromatic carbocycles. The summed E-state index contributed by atoms with van der Waals surface area (Å²) >= 11 is 0. The smallest absolute Gasteiger partial charge is 0.351 e. The van der Waals surface area contributed by atoms with Gasteiger partial charge in [0.15, 0.2) is 23.0 Å². The van der Waals surface area contributed by atoms with Gasteiger partial charge >= 0.3 is 17.9 Å². The predicted molar refractivity (Wildman–Crippen MR) is 397 cm³/mol. The number of amides is 7. The van der Waals surface area contributed by atoms with Crippen molar-refractivity contribution in [3.05, 3.63) is 184 Å². The molecule has 2 aliphatic heterocycles. The molecule has 0 unspecified atom stereocenters. The maximum absolute atomic E-state index is 12.4. The molecule has 4 fully saturated rings. The Morgan fingerprint density at radius 3 is 1.42 bits per heavy atom. The van der Waals surface area contributed by atoms with E-state index < -0.39 is 53.4 Å². The first-order valence-corrected chi connectivity index (χ1v) is 35.8. The van der Waals surface area contributed by atoms with Gasteiger partial charge in [-0.2, -0.15) is 0 Å². The van der Waals surface area contributed by atoms with Crippen molar-refractivity contribution < 1.29 is 110 Å². The second kappa shape index (κ2) is 41.9. The Kier molecular flexibility index (Phi) is 32.8. The van der Waals surface area contributed by atoms with Gasteiger partial charge in [-0.25, -0.2) is 9.59 Å². The van der Waals surface area contributed by atoms with Gasteiger partial charge in [-0.05, 0) is 110 Å². The second-order valence-corrected chi connectivity index (χ2v) is 26.7. The van der Waals surface area contributed by atoms with Crippen LogP contribution in [-0.2, 0) is 52.5 Å². The molecule has 7 aromatic rings. The fraction of sp³-hybridized carbons (Fsp3) is 0.416. The van der Waals surface area contributed by atoms with Crippen LogP contribution in [0.25, 0.3) is 11.3 Å². The minimum absolute atomic E-state index is 0.0505. The molecular weight excluding hydrogens is 1470 g/mol. The number of Topliss-reactive ketones (excluding diaryl/α,β-unsaturated/α-hetero) is 1. The number of carboxylic acids is 2. The summed E-state index contributed by atoms with van der Waals surface area (Å²) in [5.41, 5.74) is 23.2. The number of carbonyl (C=O) groups is 12. The quantitative estimate of drug-likeness (QED) is 0.0135. The molecule has 0 bridgehead atoms. The highest BCUT2D eigenvalue weighted by Gasteiger charge is 2.49. The van der Waals surface area contributed by atoms with Crippen LogP contribution >= 0.6 is 0 Å². The molecule has 6 aliphatic rings. The minimum atomic E-state index is -1.30. The fourth-order valence-electron chi connectivity index (χ4n) is 11.4. The standard InChI is InChI=1S/C19H20N4O4.C17H19N3O5.C13H11NO4.C10H9NO3.C9H15N3O2.C5H11NO2.C4H8O3/c1-11(25-2)18-21-22-19(26-18)13-8-14(9-13)20-17(24)15-10-16(27-23-15)12-6-4-3-5-7-12;1-9(25-2)14(21)18-19-15(22)10-7-11(8-10)20-16(23)12-5-3-4-6-13(12)17(20)24;15-11-9-3-1-2-4-10(9)12(16)14(11)8-5-7(6-8)13(17)18;11-8(10(13)14)6-9(12)7-4-2-1-3-5-7;1-5(13-2)8-11-12-9(14-8)6-3-7(10)4-6;1-4(8-2)5(7)3-6;1-3(5)4(6)7-2/h3-7,10-11,13-14H,8-9H2,1-2H3,(H,20,24);3-6,9-11H,7-8H2,1-2H3,(H,18,21)(H,19,22);1-4,7-8H,5-6H2,(H,17,18);1-6H,11H2,(H,13,14);5-7H,3-4,10H2,1-2H3;4H,3,6H2,1-2H3;3,5H,1-2H3/t11-,13?,14?;9-,10?,11?;;;5-,6?,7?;4-;3-/m11..111/s1. The first kappa shape index (κ1) is 88.3. The van der Waals surface area contributed by atoms with Crippen molar-refractivity contribution in [2.24, 2.45) is 29.0 Å². The van der Waals surface area contributed by atoms with Gasteiger partial charge in [0.2, 0.25) is 29.5 Å². The number of carbonyl (C=O) groups excluding carboxylic acids is 10. The zero-order valence-electron chi connectivity index (χ0n) is 63.8. The number of esters is 1. The SMILES string of the molecule is COC(=O)[C@@H](C)O.CO[C@H](C)C(=O)CN.CO[C@H](C)C(=O)NNC(=O)C1CC(N2C(=O)c3ccccc3C2=O)C1.CO[C@H](C)c1nnc(C2CC(N)C2)o1.CO[C@H](C)c1nnc(C2CC(NC(=O)c3cc(-c4ccccc4)on3)C2)o1.NC(=CC(=O)c1ccccc1)C(=O)O.O=C(O)C1CC(N2C(=O)c3ccccc3C2=O)C1. The molecular formula is C77H93N13O23. The largest absolute Gasteiger partial charge is 0.481 e. The molecule has 12 N–H and O–H groups in total. The number of fused-ring (bicyclic) bond motifs is 2. The number of hydrogen-bond acceptors (Lipinski definition) is 29. The molecule has 3 aromatic heterocycles. The monoisotopic (exact) mass is 1570 g/mol. The van der Waals surface area contributed by atoms with Crippen LogP contribution in [0.4, 0.5) is 0 Å². The van der Waals surface area contributed by atoms with Crippen LogP contribution in [0, 0.1) is 11.8 Å². The first-order valence-electron chi connectivity index (χ1n) is 35.8. The normalized spacial score (nSPS) is 20.6. The van der Waals surface area contributed by atoms with E-state index in [2.05, 4.69) is 51.2 Å². The van der Waals surface area contributed by atoms with Crippen LogP contribution in [0.15, 0.2) is 140 Å². The number of hydrazine groups is 1. The van der Waals surface area contributed by atoms with Gasteiger partial charge in [-0.1, -0.05) is 90.1 Å². The molecule has 36 nitrogen and oxygen atoms in total. The van der Waals surface area contributed by atoms with Crippen molar-refractivity contribution in [1.82, 2.24) is 51.5 Å². The number of nitrogens with zero attached hydrogens (tertiary/aromatic N) is 7. The lowest BCUT2D eigenvalue weighted by Crippen LogP contribution is -2.55. The Hall–Kier alpha value is -11.9. The maximum Gasteiger partial charge on any atom is 0.351 e. The fourth-order valence-corrected chi connectivity index (χ4v) is 11.4. The number of aliphatic hydroxyl groups excluding tert-OH is 1. The second-order valence-electron chi connectivity index (χ2n) is 26.7. The van der Waals surface area contributed by atoms with E-state index in [1.54, 1.807) is 113 Å². The van der Waals surface area contributed by atoms with Gasteiger partial charge in [-0.3, -0.25) is 68.6 Å². The number of carboxylic acid groups (broad SMARTS) is 2. The number of allylic oxidation sites excluding steroid dienone is 1. The number of methoxy groups -OCH3 is 5. The number of rotatable bonds is 22. The molecule has 5 heterocycles. The van der Waals surface area contributed by atoms with E-state index in [9.17, 15) is 57.5 Å². The highest BCUT2D eigenvalue weighted by Crippen LogP contribution is 2.40. The Morgan fingerprint density at radius 1 is 0.584 bits per heavy atom. The van der Waals surface area contributed by atoms with Crippen LogP contribution in [0.2, 0.25) is 0 Å². The topological polar surface area (TPSA) is 536 Å². The maximum atomic E-state index is 12.4. The van der Waals surface area contributed by atoms with Gasteiger partial charge in [0.25, 0.3) is 35.4 Å². The Bertz CT molecular complexity index is 4410. The van der Waals surface area contributed by atoms with Crippen molar-refractivity contribution in [2.45, 2.75) is 153 Å². The number of aromatic nitrogens is 5. The zero-order chi connectivity index (χ0) is 82.9. The average molecular weight is 1570 g/mol. The minimum Gasteiger partial charge on any atom is -0.481 e. The van der Waals surface area contributed by atoms with E-state index in [0.29, 0.717) is 94.8 Å². The molecule has 0 spiro atoms. The third-order valence-corrected chi connectivity index (χ3v) is 19.0. The molecule has 4 saturated carbocycles. The highest BCUT2D eigenvalue weighted by atomic mass is 16.5. The molecule has 113 heavy (non-hydrogen) atoms. The van der Waals surface area contributed by atoms with Crippen molar-refractivity contribution in [1.29, 1.82) is 0 Å². The molecule has 604 valence electrons. The van der Waals surface area contributed by atoms with Crippen molar-refractivity contribution in [2.75, 3.05) is 42.1 Å². The van der Waals surface area contributed by atoms with E-state index in [1.807, 2.05) is 44.2 Å². The Morgan fingerprint density at radius 2 is 1.03 bits per heavy atom. The Labute approximate surface area is 648 Å². The number of aliphatic carboxylic acids is 2. The lowest BCUT2D eigenvalue weighted by Gasteiger charge is -2.39. The summed E-state index contributed by atoms with van der Waals surface area (Å²) in [6.45, 7) is 8.38. The number of benzene rings is 4. The van der Waals surface area contributed by atoms with E-state index in [4.69, 9.17) is 60.1 Å². The number of imide groups is 2. The third-order valence-electron chi connectivity index (χ3n) is 19.0. The van der Waals surface area contributed by atoms with Gasteiger partial charge in [-0.15, -0.1) is 20.4 Å². The number of nitrogens with one attached hydrogen (secondary N) is 3. The van der Waals surface area contributed by atoms with E-state index in [0.717, 1.165) is 37.3 Å². The molecule has 7 amide bonds. The summed E-state index contributed by atoms with van der Waals surface area (Å²) in [6.07, 6.45) is 3.40. The molecule has 5 atom stereocenters. The number of hydrogen-bond donors (Lipinski definition) is 9. The Balaban J connectivity index is 0.000000191. The summed E-state index contributed by atoms with van der Waals surface area (Å²) in [4.78, 5) is 140. The summed E-state index contributed by atoms with van der Waals surface area (Å²) < 4.78 is 40.3. The van der Waals surface area contributed by atoms with Gasteiger partial charge < -0.3 is 74.9 Å². The summed E-state index contributed by atoms with van der Waals surface area (Å²) in [7, 11) is 7.32. The van der Waals surface area contributed by atoms with Crippen molar-refractivity contribution >= 4 is 70.8 Å². The molecule has 4 aliphatic carbocycles. The summed E-state index contributed by atoms with van der Waals surface area (Å²) in [5.74, 6) is -2.91.